The van der Waals surface area contributed by atoms with Crippen molar-refractivity contribution in [2.75, 3.05) is 14.1 Å². The van der Waals surface area contributed by atoms with Crippen LogP contribution in [0.1, 0.15) is 37.3 Å². The van der Waals surface area contributed by atoms with E-state index in [2.05, 4.69) is 10.3 Å². The Morgan fingerprint density at radius 3 is 2.69 bits per heavy atom. The van der Waals surface area contributed by atoms with E-state index in [4.69, 9.17) is 0 Å². The molecule has 1 aromatic carbocycles. The van der Waals surface area contributed by atoms with Gasteiger partial charge in [-0.15, -0.1) is 0 Å². The van der Waals surface area contributed by atoms with Gasteiger partial charge in [0.2, 0.25) is 11.8 Å². The predicted octanol–water partition coefficient (Wildman–Crippen LogP) is 2.03. The highest BCUT2D eigenvalue weighted by Gasteiger charge is 2.35. The van der Waals surface area contributed by atoms with Crippen molar-refractivity contribution in [3.05, 3.63) is 42.1 Å². The smallest absolute Gasteiger partial charge is 0.222 e. The zero-order valence-electron chi connectivity index (χ0n) is 15.2. The summed E-state index contributed by atoms with van der Waals surface area (Å²) in [4.78, 5) is 30.1. The molecule has 1 saturated carbocycles. The predicted molar refractivity (Wildman–Crippen MR) is 99.3 cm³/mol. The van der Waals surface area contributed by atoms with Gasteiger partial charge in [-0.1, -0.05) is 18.2 Å². The number of hydrogen-bond acceptors (Lipinski definition) is 4. The van der Waals surface area contributed by atoms with E-state index < -0.39 is 0 Å². The molecule has 1 atom stereocenters. The Bertz CT molecular complexity index is 800. The summed E-state index contributed by atoms with van der Waals surface area (Å²) >= 11 is 0. The average Bonchev–Trinajstić information content (AvgIpc) is 2.61. The summed E-state index contributed by atoms with van der Waals surface area (Å²) in [6.45, 7) is 0. The third-order valence-corrected chi connectivity index (χ3v) is 4.97. The minimum atomic E-state index is -0.303. The summed E-state index contributed by atoms with van der Waals surface area (Å²) in [5.74, 6) is -0.0376. The van der Waals surface area contributed by atoms with Crippen molar-refractivity contribution in [3.8, 4) is 0 Å². The fraction of sp³-hybridized carbons (Fsp3) is 0.450. The van der Waals surface area contributed by atoms with Crippen LogP contribution >= 0.6 is 0 Å². The van der Waals surface area contributed by atoms with Gasteiger partial charge in [-0.25, -0.2) is 0 Å². The maximum atomic E-state index is 12.4. The van der Waals surface area contributed by atoms with Crippen molar-refractivity contribution in [3.63, 3.8) is 0 Å². The molecule has 138 valence electrons. The summed E-state index contributed by atoms with van der Waals surface area (Å²) < 4.78 is 0. The normalized spacial score (nSPS) is 20.3. The van der Waals surface area contributed by atoms with Crippen molar-refractivity contribution in [2.45, 2.75) is 37.8 Å². The van der Waals surface area contributed by atoms with Crippen LogP contribution in [0.4, 0.5) is 0 Å². The second kappa shape index (κ2) is 7.83. The number of nitrogens with zero attached hydrogens (tertiary/aromatic N) is 2. The van der Waals surface area contributed by atoms with Crippen molar-refractivity contribution < 1.29 is 14.7 Å². The molecule has 1 unspecified atom stereocenters. The number of carbonyl (C=O) groups is 2. The second-order valence-corrected chi connectivity index (χ2v) is 7.18. The SMILES string of the molecule is CN(C)C(=O)CCC(=O)NC(c1cnc2ccccc2c1)C1CC(O)C1. The molecule has 1 fully saturated rings. The molecule has 0 saturated heterocycles. The first kappa shape index (κ1) is 18.3. The van der Waals surface area contributed by atoms with E-state index in [0.717, 1.165) is 16.5 Å². The van der Waals surface area contributed by atoms with Gasteiger partial charge in [-0.3, -0.25) is 14.6 Å². The molecule has 2 N–H and O–H groups in total. The van der Waals surface area contributed by atoms with Gasteiger partial charge in [0.05, 0.1) is 17.7 Å². The van der Waals surface area contributed by atoms with Crippen LogP contribution in [0.15, 0.2) is 36.5 Å². The molecule has 1 aliphatic rings. The van der Waals surface area contributed by atoms with Gasteiger partial charge in [-0.05, 0) is 36.5 Å². The highest BCUT2D eigenvalue weighted by atomic mass is 16.3. The van der Waals surface area contributed by atoms with Crippen LogP contribution < -0.4 is 5.32 Å². The quantitative estimate of drug-likeness (QED) is 0.831. The Labute approximate surface area is 153 Å². The van der Waals surface area contributed by atoms with Gasteiger partial charge < -0.3 is 15.3 Å². The maximum Gasteiger partial charge on any atom is 0.222 e. The fourth-order valence-electron chi connectivity index (χ4n) is 3.32. The summed E-state index contributed by atoms with van der Waals surface area (Å²) in [7, 11) is 3.36. The molecule has 2 aromatic rings. The van der Waals surface area contributed by atoms with Gasteiger partial charge in [0.15, 0.2) is 0 Å². The van der Waals surface area contributed by atoms with Gasteiger partial charge in [0, 0.05) is 38.5 Å². The number of aliphatic hydroxyl groups is 1. The zero-order valence-corrected chi connectivity index (χ0v) is 15.2. The maximum absolute atomic E-state index is 12.4. The molecule has 3 rings (SSSR count). The lowest BCUT2D eigenvalue weighted by Gasteiger charge is -2.38. The van der Waals surface area contributed by atoms with Crippen molar-refractivity contribution >= 4 is 22.7 Å². The third-order valence-electron chi connectivity index (χ3n) is 4.97. The summed E-state index contributed by atoms with van der Waals surface area (Å²) in [6, 6.07) is 9.70. The summed E-state index contributed by atoms with van der Waals surface area (Å²) in [5.41, 5.74) is 1.85. The zero-order chi connectivity index (χ0) is 18.7. The van der Waals surface area contributed by atoms with Gasteiger partial charge in [0.1, 0.15) is 0 Å². The molecule has 1 aliphatic carbocycles. The molecular formula is C20H25N3O3. The minimum Gasteiger partial charge on any atom is -0.393 e. The molecule has 1 heterocycles. The Balaban J connectivity index is 1.74. The number of aromatic nitrogens is 1. The van der Waals surface area contributed by atoms with Crippen molar-refractivity contribution in [2.24, 2.45) is 5.92 Å². The Morgan fingerprint density at radius 1 is 1.27 bits per heavy atom. The van der Waals surface area contributed by atoms with Crippen LogP contribution in [-0.4, -0.2) is 47.0 Å². The van der Waals surface area contributed by atoms with Crippen molar-refractivity contribution in [1.29, 1.82) is 0 Å². The highest BCUT2D eigenvalue weighted by molar-refractivity contribution is 5.84. The second-order valence-electron chi connectivity index (χ2n) is 7.18. The highest BCUT2D eigenvalue weighted by Crippen LogP contribution is 2.38. The van der Waals surface area contributed by atoms with Crippen LogP contribution in [0.3, 0.4) is 0 Å². The van der Waals surface area contributed by atoms with E-state index in [-0.39, 0.29) is 42.7 Å². The average molecular weight is 355 g/mol. The number of amides is 2. The fourth-order valence-corrected chi connectivity index (χ4v) is 3.32. The number of carbonyl (C=O) groups excluding carboxylic acids is 2. The monoisotopic (exact) mass is 355 g/mol. The van der Waals surface area contributed by atoms with E-state index in [9.17, 15) is 14.7 Å². The molecule has 0 spiro atoms. The lowest BCUT2D eigenvalue weighted by atomic mass is 9.75. The first-order chi connectivity index (χ1) is 12.4. The number of benzene rings is 1. The minimum absolute atomic E-state index is 0.0665. The molecule has 0 bridgehead atoms. The molecule has 2 amide bonds. The van der Waals surface area contributed by atoms with Crippen LogP contribution in [0, 0.1) is 5.92 Å². The van der Waals surface area contributed by atoms with Crippen LogP contribution in [0.5, 0.6) is 0 Å². The molecule has 26 heavy (non-hydrogen) atoms. The lowest BCUT2D eigenvalue weighted by Crippen LogP contribution is -2.41. The third kappa shape index (κ3) is 4.19. The first-order valence-electron chi connectivity index (χ1n) is 8.96. The molecule has 6 nitrogen and oxygen atoms in total. The molecule has 0 radical (unpaired) electrons. The largest absolute Gasteiger partial charge is 0.393 e. The molecule has 6 heteroatoms. The van der Waals surface area contributed by atoms with E-state index in [1.807, 2.05) is 30.3 Å². The number of aliphatic hydroxyl groups excluding tert-OH is 1. The first-order valence-corrected chi connectivity index (χ1v) is 8.96. The van der Waals surface area contributed by atoms with Crippen molar-refractivity contribution in [1.82, 2.24) is 15.2 Å². The molecule has 1 aromatic heterocycles. The summed E-state index contributed by atoms with van der Waals surface area (Å²) in [6.07, 6.45) is 3.16. The number of hydrogen-bond donors (Lipinski definition) is 2. The lowest BCUT2D eigenvalue weighted by molar-refractivity contribution is -0.132. The molecule has 0 aliphatic heterocycles. The van der Waals surface area contributed by atoms with Gasteiger partial charge >= 0.3 is 0 Å². The van der Waals surface area contributed by atoms with Gasteiger partial charge in [-0.2, -0.15) is 0 Å². The van der Waals surface area contributed by atoms with Crippen LogP contribution in [0.2, 0.25) is 0 Å². The van der Waals surface area contributed by atoms with Crippen LogP contribution in [-0.2, 0) is 9.59 Å². The number of rotatable bonds is 6. The van der Waals surface area contributed by atoms with Crippen LogP contribution in [0.25, 0.3) is 10.9 Å². The topological polar surface area (TPSA) is 82.5 Å². The van der Waals surface area contributed by atoms with E-state index in [1.54, 1.807) is 20.3 Å². The number of fused-ring (bicyclic) bond motifs is 1. The Hall–Kier alpha value is -2.47. The van der Waals surface area contributed by atoms with E-state index >= 15 is 0 Å². The Morgan fingerprint density at radius 2 is 2.00 bits per heavy atom. The van der Waals surface area contributed by atoms with E-state index in [1.165, 1.54) is 4.90 Å². The Kier molecular flexibility index (Phi) is 5.52. The van der Waals surface area contributed by atoms with E-state index in [0.29, 0.717) is 12.8 Å². The standard InChI is InChI=1S/C20H25N3O3/c1-23(2)19(26)8-7-18(25)22-20(14-10-16(24)11-14)15-9-13-5-3-4-6-17(13)21-12-15/h3-6,9,12,14,16,20,24H,7-8,10-11H2,1-2H3,(H,22,25). The molecular weight excluding hydrogens is 330 g/mol. The number of pyridine rings is 1. The van der Waals surface area contributed by atoms with Gasteiger partial charge in [0.25, 0.3) is 0 Å². The summed E-state index contributed by atoms with van der Waals surface area (Å²) in [5, 5.41) is 13.8. The number of nitrogens with one attached hydrogen (secondary N) is 1. The number of para-hydroxylation sites is 1.